The van der Waals surface area contributed by atoms with E-state index in [1.807, 2.05) is 6.07 Å². The maximum absolute atomic E-state index is 12.7. The predicted molar refractivity (Wildman–Crippen MR) is 82.7 cm³/mol. The smallest absolute Gasteiger partial charge is 0.265 e. The minimum Gasteiger partial charge on any atom is -0.482 e. The van der Waals surface area contributed by atoms with Crippen LogP contribution in [0.3, 0.4) is 0 Å². The standard InChI is InChI=1S/C15H16BrFN2O3/c16-10-1-2-12-13(7-10)22-9-15(21)19(12)6-4-14(20)18-5-3-11(18)8-17/h1-2,7,11H,3-6,8-9H2. The molecule has 0 bridgehead atoms. The summed E-state index contributed by atoms with van der Waals surface area (Å²) in [4.78, 5) is 27.2. The number of nitrogens with zero attached hydrogens (tertiary/aromatic N) is 2. The van der Waals surface area contributed by atoms with Crippen molar-refractivity contribution in [1.82, 2.24) is 4.90 Å². The van der Waals surface area contributed by atoms with Crippen molar-refractivity contribution in [3.05, 3.63) is 22.7 Å². The molecule has 1 atom stereocenters. The third kappa shape index (κ3) is 2.82. The number of anilines is 1. The highest BCUT2D eigenvalue weighted by atomic mass is 79.9. The maximum Gasteiger partial charge on any atom is 0.265 e. The highest BCUT2D eigenvalue weighted by Gasteiger charge is 2.33. The molecule has 0 aromatic heterocycles. The Hall–Kier alpha value is -1.63. The zero-order chi connectivity index (χ0) is 15.7. The van der Waals surface area contributed by atoms with Crippen molar-refractivity contribution >= 4 is 33.4 Å². The monoisotopic (exact) mass is 370 g/mol. The molecule has 1 aromatic rings. The fraction of sp³-hybridized carbons (Fsp3) is 0.467. The van der Waals surface area contributed by atoms with E-state index in [1.54, 1.807) is 21.9 Å². The van der Waals surface area contributed by atoms with E-state index in [2.05, 4.69) is 15.9 Å². The number of rotatable bonds is 4. The van der Waals surface area contributed by atoms with Gasteiger partial charge >= 0.3 is 0 Å². The van der Waals surface area contributed by atoms with Crippen LogP contribution in [0, 0.1) is 0 Å². The second-order valence-electron chi connectivity index (χ2n) is 5.38. The van der Waals surface area contributed by atoms with Gasteiger partial charge in [-0.3, -0.25) is 9.59 Å². The lowest BCUT2D eigenvalue weighted by atomic mass is 10.0. The van der Waals surface area contributed by atoms with Crippen molar-refractivity contribution in [2.75, 3.05) is 31.3 Å². The molecule has 0 saturated carbocycles. The van der Waals surface area contributed by atoms with Gasteiger partial charge in [0.2, 0.25) is 5.91 Å². The summed E-state index contributed by atoms with van der Waals surface area (Å²) >= 11 is 3.36. The topological polar surface area (TPSA) is 49.9 Å². The number of hydrogen-bond acceptors (Lipinski definition) is 3. The zero-order valence-corrected chi connectivity index (χ0v) is 13.5. The number of carbonyl (C=O) groups is 2. The Morgan fingerprint density at radius 1 is 1.45 bits per heavy atom. The molecule has 0 aliphatic carbocycles. The van der Waals surface area contributed by atoms with E-state index >= 15 is 0 Å². The molecule has 1 aromatic carbocycles. The average Bonchev–Trinajstić information content (AvgIpc) is 2.45. The van der Waals surface area contributed by atoms with Crippen molar-refractivity contribution in [1.29, 1.82) is 0 Å². The highest BCUT2D eigenvalue weighted by molar-refractivity contribution is 9.10. The van der Waals surface area contributed by atoms with Crippen LogP contribution in [-0.4, -0.2) is 49.1 Å². The normalized spacial score (nSPS) is 20.3. The molecule has 2 amide bonds. The number of benzene rings is 1. The van der Waals surface area contributed by atoms with E-state index in [0.29, 0.717) is 18.0 Å². The molecule has 118 valence electrons. The van der Waals surface area contributed by atoms with E-state index in [1.165, 1.54) is 0 Å². The summed E-state index contributed by atoms with van der Waals surface area (Å²) in [5.41, 5.74) is 0.665. The van der Waals surface area contributed by atoms with Gasteiger partial charge in [-0.2, -0.15) is 0 Å². The molecule has 3 rings (SSSR count). The fourth-order valence-electron chi connectivity index (χ4n) is 2.70. The largest absolute Gasteiger partial charge is 0.482 e. The number of carbonyl (C=O) groups excluding carboxylic acids is 2. The first kappa shape index (κ1) is 15.3. The third-order valence-corrected chi connectivity index (χ3v) is 4.55. The molecule has 1 fully saturated rings. The Bertz CT molecular complexity index is 608. The Labute approximate surface area is 136 Å². The average molecular weight is 371 g/mol. The lowest BCUT2D eigenvalue weighted by molar-refractivity contribution is -0.139. The SMILES string of the molecule is O=C1COc2cc(Br)ccc2N1CCC(=O)N1CCC1CF. The molecular formula is C15H16BrFN2O3. The van der Waals surface area contributed by atoms with Crippen LogP contribution in [0.15, 0.2) is 22.7 Å². The number of ether oxygens (including phenoxy) is 1. The second kappa shape index (κ2) is 6.24. The van der Waals surface area contributed by atoms with Crippen LogP contribution in [0.2, 0.25) is 0 Å². The summed E-state index contributed by atoms with van der Waals surface area (Å²) in [5.74, 6) is 0.340. The molecule has 0 N–H and O–H groups in total. The molecule has 2 heterocycles. The Balaban J connectivity index is 1.67. The number of hydrogen-bond donors (Lipinski definition) is 0. The lowest BCUT2D eigenvalue weighted by Crippen LogP contribution is -2.53. The van der Waals surface area contributed by atoms with Crippen molar-refractivity contribution in [3.63, 3.8) is 0 Å². The summed E-state index contributed by atoms with van der Waals surface area (Å²) in [6.07, 6.45) is 0.910. The molecule has 5 nitrogen and oxygen atoms in total. The Morgan fingerprint density at radius 2 is 2.27 bits per heavy atom. The predicted octanol–water partition coefficient (Wildman–Crippen LogP) is 2.13. The van der Waals surface area contributed by atoms with Crippen molar-refractivity contribution < 1.29 is 18.7 Å². The van der Waals surface area contributed by atoms with E-state index in [9.17, 15) is 14.0 Å². The van der Waals surface area contributed by atoms with Crippen LogP contribution in [0.4, 0.5) is 10.1 Å². The minimum absolute atomic E-state index is 0.0333. The van der Waals surface area contributed by atoms with Gasteiger partial charge in [0.1, 0.15) is 12.4 Å². The summed E-state index contributed by atoms with van der Waals surface area (Å²) in [7, 11) is 0. The minimum atomic E-state index is -0.501. The van der Waals surface area contributed by atoms with Gasteiger partial charge in [0, 0.05) is 24.0 Å². The van der Waals surface area contributed by atoms with Gasteiger partial charge in [-0.05, 0) is 24.6 Å². The van der Waals surface area contributed by atoms with Crippen LogP contribution in [0.25, 0.3) is 0 Å². The summed E-state index contributed by atoms with van der Waals surface area (Å²) in [6.45, 7) is 0.354. The first-order chi connectivity index (χ1) is 10.6. The van der Waals surface area contributed by atoms with Crippen LogP contribution >= 0.6 is 15.9 Å². The van der Waals surface area contributed by atoms with Gasteiger partial charge in [0.15, 0.2) is 6.61 Å². The molecule has 1 unspecified atom stereocenters. The molecule has 22 heavy (non-hydrogen) atoms. The maximum atomic E-state index is 12.7. The van der Waals surface area contributed by atoms with Gasteiger partial charge in [-0.1, -0.05) is 15.9 Å². The quantitative estimate of drug-likeness (QED) is 0.815. The Morgan fingerprint density at radius 3 is 2.95 bits per heavy atom. The van der Waals surface area contributed by atoms with E-state index in [-0.39, 0.29) is 37.4 Å². The molecule has 0 spiro atoms. The molecule has 7 heteroatoms. The first-order valence-corrected chi connectivity index (χ1v) is 7.97. The van der Waals surface area contributed by atoms with Crippen LogP contribution in [-0.2, 0) is 9.59 Å². The van der Waals surface area contributed by atoms with Gasteiger partial charge in [-0.15, -0.1) is 0 Å². The van der Waals surface area contributed by atoms with Crippen LogP contribution < -0.4 is 9.64 Å². The number of alkyl halides is 1. The number of amides is 2. The number of fused-ring (bicyclic) bond motifs is 1. The number of halogens is 2. The summed E-state index contributed by atoms with van der Waals surface area (Å²) in [6, 6.07) is 5.13. The van der Waals surface area contributed by atoms with Crippen LogP contribution in [0.1, 0.15) is 12.8 Å². The molecule has 0 radical (unpaired) electrons. The van der Waals surface area contributed by atoms with Gasteiger partial charge in [-0.25, -0.2) is 4.39 Å². The summed E-state index contributed by atoms with van der Waals surface area (Å²) < 4.78 is 18.9. The van der Waals surface area contributed by atoms with Crippen molar-refractivity contribution in [2.45, 2.75) is 18.9 Å². The van der Waals surface area contributed by atoms with E-state index in [4.69, 9.17) is 4.74 Å². The second-order valence-corrected chi connectivity index (χ2v) is 6.30. The molecule has 1 saturated heterocycles. The molecular weight excluding hydrogens is 355 g/mol. The van der Waals surface area contributed by atoms with Crippen LogP contribution in [0.5, 0.6) is 5.75 Å². The molecule has 2 aliphatic rings. The van der Waals surface area contributed by atoms with E-state index in [0.717, 1.165) is 10.9 Å². The van der Waals surface area contributed by atoms with Gasteiger partial charge in [0.25, 0.3) is 5.91 Å². The Kier molecular flexibility index (Phi) is 4.33. The zero-order valence-electron chi connectivity index (χ0n) is 11.9. The third-order valence-electron chi connectivity index (χ3n) is 4.06. The van der Waals surface area contributed by atoms with Gasteiger partial charge in [0.05, 0.1) is 11.7 Å². The fourth-order valence-corrected chi connectivity index (χ4v) is 3.04. The first-order valence-electron chi connectivity index (χ1n) is 7.18. The lowest BCUT2D eigenvalue weighted by Gasteiger charge is -2.40. The highest BCUT2D eigenvalue weighted by Crippen LogP contribution is 2.34. The summed E-state index contributed by atoms with van der Waals surface area (Å²) in [5, 5.41) is 0. The van der Waals surface area contributed by atoms with Crippen molar-refractivity contribution in [3.8, 4) is 5.75 Å². The van der Waals surface area contributed by atoms with Gasteiger partial charge < -0.3 is 14.5 Å². The molecule has 2 aliphatic heterocycles. The number of likely N-dealkylation sites (tertiary alicyclic amines) is 1. The van der Waals surface area contributed by atoms with E-state index < -0.39 is 6.67 Å². The van der Waals surface area contributed by atoms with Crippen molar-refractivity contribution in [2.24, 2.45) is 0 Å².